The third-order valence-electron chi connectivity index (χ3n) is 1.45. The van der Waals surface area contributed by atoms with Gasteiger partial charge in [-0.3, -0.25) is 0 Å². The van der Waals surface area contributed by atoms with Gasteiger partial charge in [-0.05, 0) is 5.56 Å². The van der Waals surface area contributed by atoms with Crippen LogP contribution in [0.15, 0.2) is 30.3 Å². The van der Waals surface area contributed by atoms with Gasteiger partial charge >= 0.3 is 5.97 Å². The smallest absolute Gasteiger partial charge is 0.337 e. The first-order valence-electron chi connectivity index (χ1n) is 4.31. The van der Waals surface area contributed by atoms with Gasteiger partial charge in [-0.1, -0.05) is 30.3 Å². The summed E-state index contributed by atoms with van der Waals surface area (Å²) >= 11 is 0. The first-order valence-corrected chi connectivity index (χ1v) is 4.31. The van der Waals surface area contributed by atoms with Crippen molar-refractivity contribution < 1.29 is 25.2 Å². The van der Waals surface area contributed by atoms with Gasteiger partial charge in [0.05, 0.1) is 13.2 Å². The highest BCUT2D eigenvalue weighted by Gasteiger charge is 2.14. The van der Waals surface area contributed by atoms with Crippen molar-refractivity contribution in [1.82, 2.24) is 0 Å². The highest BCUT2D eigenvalue weighted by molar-refractivity contribution is 5.73. The Morgan fingerprint density at radius 3 is 1.93 bits per heavy atom. The van der Waals surface area contributed by atoms with E-state index in [1.54, 1.807) is 30.3 Å². The molecule has 0 saturated carbocycles. The third-order valence-corrected chi connectivity index (χ3v) is 1.45. The molecule has 0 amide bonds. The van der Waals surface area contributed by atoms with Crippen LogP contribution >= 0.6 is 0 Å². The maximum Gasteiger partial charge on any atom is 0.337 e. The SMILES string of the molecule is O=C(O)[C@H](O)c1ccccc1.OCCO. The van der Waals surface area contributed by atoms with E-state index in [1.807, 2.05) is 0 Å². The average molecular weight is 214 g/mol. The summed E-state index contributed by atoms with van der Waals surface area (Å²) < 4.78 is 0. The predicted molar refractivity (Wildman–Crippen MR) is 53.2 cm³/mol. The van der Waals surface area contributed by atoms with Gasteiger partial charge in [-0.25, -0.2) is 4.79 Å². The first kappa shape index (κ1) is 13.6. The van der Waals surface area contributed by atoms with Crippen LogP contribution in [-0.4, -0.2) is 39.6 Å². The van der Waals surface area contributed by atoms with Crippen molar-refractivity contribution in [2.24, 2.45) is 0 Å². The van der Waals surface area contributed by atoms with Gasteiger partial charge in [0.15, 0.2) is 6.10 Å². The summed E-state index contributed by atoms with van der Waals surface area (Å²) in [5, 5.41) is 32.6. The van der Waals surface area contributed by atoms with Crippen LogP contribution in [0.5, 0.6) is 0 Å². The van der Waals surface area contributed by atoms with Crippen molar-refractivity contribution in [3.8, 4) is 0 Å². The van der Waals surface area contributed by atoms with Gasteiger partial charge in [0.2, 0.25) is 0 Å². The Morgan fingerprint density at radius 2 is 1.60 bits per heavy atom. The Bertz CT molecular complexity index is 270. The molecule has 4 N–H and O–H groups in total. The summed E-state index contributed by atoms with van der Waals surface area (Å²) in [5.41, 5.74) is 0.403. The van der Waals surface area contributed by atoms with E-state index in [0.717, 1.165) is 0 Å². The molecule has 0 aliphatic rings. The summed E-state index contributed by atoms with van der Waals surface area (Å²) in [6.45, 7) is -0.250. The number of carbonyl (C=O) groups is 1. The first-order chi connectivity index (χ1) is 7.13. The zero-order valence-corrected chi connectivity index (χ0v) is 8.08. The van der Waals surface area contributed by atoms with Crippen LogP contribution < -0.4 is 0 Å². The number of hydrogen-bond donors (Lipinski definition) is 4. The molecule has 0 spiro atoms. The fraction of sp³-hybridized carbons (Fsp3) is 0.300. The molecule has 0 bridgehead atoms. The number of benzene rings is 1. The fourth-order valence-corrected chi connectivity index (χ4v) is 0.778. The van der Waals surface area contributed by atoms with Crippen molar-refractivity contribution in [2.75, 3.05) is 13.2 Å². The van der Waals surface area contributed by atoms with E-state index in [4.69, 9.17) is 20.4 Å². The van der Waals surface area contributed by atoms with Crippen LogP contribution in [0.2, 0.25) is 0 Å². The molecule has 0 radical (unpaired) electrons. The molecule has 0 aromatic heterocycles. The summed E-state index contributed by atoms with van der Waals surface area (Å²) in [6.07, 6.45) is -1.41. The Hall–Kier alpha value is -1.43. The molecule has 0 unspecified atom stereocenters. The molecule has 0 aliphatic heterocycles. The highest BCUT2D eigenvalue weighted by atomic mass is 16.4. The number of aliphatic hydroxyl groups excluding tert-OH is 3. The monoisotopic (exact) mass is 214 g/mol. The summed E-state index contributed by atoms with van der Waals surface area (Å²) in [4.78, 5) is 10.2. The second-order valence-electron chi connectivity index (χ2n) is 2.60. The molecule has 1 aromatic carbocycles. The van der Waals surface area contributed by atoms with Crippen LogP contribution in [-0.2, 0) is 4.79 Å². The van der Waals surface area contributed by atoms with E-state index >= 15 is 0 Å². The predicted octanol–water partition coefficient (Wildman–Crippen LogP) is -0.224. The van der Waals surface area contributed by atoms with Crippen LogP contribution in [0.1, 0.15) is 11.7 Å². The van der Waals surface area contributed by atoms with E-state index in [1.165, 1.54) is 0 Å². The van der Waals surface area contributed by atoms with Crippen LogP contribution in [0, 0.1) is 0 Å². The normalized spacial score (nSPS) is 11.1. The Labute approximate surface area is 87.2 Å². The lowest BCUT2D eigenvalue weighted by molar-refractivity contribution is -0.146. The van der Waals surface area contributed by atoms with Gasteiger partial charge in [0, 0.05) is 0 Å². The van der Waals surface area contributed by atoms with Gasteiger partial charge < -0.3 is 20.4 Å². The standard InChI is InChI=1S/C8H8O3.C2H6O2/c9-7(8(10)11)6-4-2-1-3-5-6;3-1-2-4/h1-5,7,9H,(H,10,11);3-4H,1-2H2/t7-;/m1./s1. The number of aliphatic hydroxyl groups is 3. The number of rotatable bonds is 3. The van der Waals surface area contributed by atoms with E-state index < -0.39 is 12.1 Å². The minimum Gasteiger partial charge on any atom is -0.479 e. The maximum absolute atomic E-state index is 10.2. The van der Waals surface area contributed by atoms with Crippen molar-refractivity contribution >= 4 is 5.97 Å². The number of carboxylic acid groups (broad SMARTS) is 1. The summed E-state index contributed by atoms with van der Waals surface area (Å²) in [6, 6.07) is 8.26. The largest absolute Gasteiger partial charge is 0.479 e. The van der Waals surface area contributed by atoms with E-state index in [-0.39, 0.29) is 13.2 Å². The van der Waals surface area contributed by atoms with E-state index in [0.29, 0.717) is 5.56 Å². The molecule has 84 valence electrons. The number of aliphatic carboxylic acids is 1. The van der Waals surface area contributed by atoms with Crippen LogP contribution in [0.3, 0.4) is 0 Å². The van der Waals surface area contributed by atoms with Gasteiger partial charge in [0.25, 0.3) is 0 Å². The van der Waals surface area contributed by atoms with Crippen molar-refractivity contribution in [3.63, 3.8) is 0 Å². The van der Waals surface area contributed by atoms with Crippen LogP contribution in [0.25, 0.3) is 0 Å². The Morgan fingerprint density at radius 1 is 1.13 bits per heavy atom. The Kier molecular flexibility index (Phi) is 7.17. The maximum atomic E-state index is 10.2. The van der Waals surface area contributed by atoms with E-state index in [9.17, 15) is 4.79 Å². The van der Waals surface area contributed by atoms with Crippen LogP contribution in [0.4, 0.5) is 0 Å². The lowest BCUT2D eigenvalue weighted by Crippen LogP contribution is -2.09. The third kappa shape index (κ3) is 5.79. The molecule has 1 atom stereocenters. The van der Waals surface area contributed by atoms with Crippen molar-refractivity contribution in [3.05, 3.63) is 35.9 Å². The second-order valence-corrected chi connectivity index (χ2v) is 2.60. The molecular formula is C10H14O5. The summed E-state index contributed by atoms with van der Waals surface area (Å²) in [7, 11) is 0. The van der Waals surface area contributed by atoms with Gasteiger partial charge in [-0.15, -0.1) is 0 Å². The minimum atomic E-state index is -1.41. The van der Waals surface area contributed by atoms with Gasteiger partial charge in [-0.2, -0.15) is 0 Å². The fourth-order valence-electron chi connectivity index (χ4n) is 0.778. The molecule has 1 rings (SSSR count). The van der Waals surface area contributed by atoms with Gasteiger partial charge in [0.1, 0.15) is 0 Å². The second kappa shape index (κ2) is 7.93. The molecule has 0 fully saturated rings. The number of carboxylic acids is 1. The average Bonchev–Trinajstić information content (AvgIpc) is 2.29. The quantitative estimate of drug-likeness (QED) is 0.557. The lowest BCUT2D eigenvalue weighted by atomic mass is 10.1. The Balaban J connectivity index is 0.000000423. The highest BCUT2D eigenvalue weighted by Crippen LogP contribution is 2.10. The molecule has 0 heterocycles. The molecule has 5 nitrogen and oxygen atoms in total. The molecule has 15 heavy (non-hydrogen) atoms. The zero-order chi connectivity index (χ0) is 11.7. The molecule has 0 aliphatic carbocycles. The zero-order valence-electron chi connectivity index (χ0n) is 8.08. The van der Waals surface area contributed by atoms with E-state index in [2.05, 4.69) is 0 Å². The number of hydrogen-bond acceptors (Lipinski definition) is 4. The minimum absolute atomic E-state index is 0.125. The topological polar surface area (TPSA) is 98.0 Å². The molecule has 0 saturated heterocycles. The molecular weight excluding hydrogens is 200 g/mol. The lowest BCUT2D eigenvalue weighted by Gasteiger charge is -2.03. The van der Waals surface area contributed by atoms with Crippen molar-refractivity contribution in [1.29, 1.82) is 0 Å². The molecule has 1 aromatic rings. The molecule has 5 heteroatoms. The summed E-state index contributed by atoms with van der Waals surface area (Å²) in [5.74, 6) is -1.23. The van der Waals surface area contributed by atoms with Crippen molar-refractivity contribution in [2.45, 2.75) is 6.10 Å².